The maximum absolute atomic E-state index is 13.1. The first-order valence-corrected chi connectivity index (χ1v) is 10.5. The van der Waals surface area contributed by atoms with Crippen LogP contribution in [0.25, 0.3) is 11.0 Å². The standard InChI is InChI=1S/C24H27N3O3/c1-13-7-5-6-8-15(13)20-10-9-16-17(24(28)26-18-12-21(18)29-4)11-19-22(23(16)30-20)25-14(2)27(19)3/h5-8,11,18,20-21H,9-10,12H2,1-4H3,(H,26,28)/t18?,20-,21?/m0/s1. The number of nitrogens with zero attached hydrogens (tertiary/aromatic N) is 2. The molecule has 0 saturated heterocycles. The Morgan fingerprint density at radius 3 is 2.83 bits per heavy atom. The van der Waals surface area contributed by atoms with Crippen LogP contribution in [-0.4, -0.2) is 34.7 Å². The average molecular weight is 405 g/mol. The van der Waals surface area contributed by atoms with Crippen LogP contribution in [-0.2, 0) is 18.2 Å². The van der Waals surface area contributed by atoms with E-state index in [0.29, 0.717) is 5.56 Å². The van der Waals surface area contributed by atoms with Gasteiger partial charge in [0.25, 0.3) is 5.91 Å². The molecule has 6 nitrogen and oxygen atoms in total. The molecule has 6 heteroatoms. The molecule has 2 aliphatic rings. The van der Waals surface area contributed by atoms with Gasteiger partial charge < -0.3 is 19.4 Å². The second kappa shape index (κ2) is 7.13. The number of carbonyl (C=O) groups is 1. The summed E-state index contributed by atoms with van der Waals surface area (Å²) >= 11 is 0. The predicted molar refractivity (Wildman–Crippen MR) is 115 cm³/mol. The van der Waals surface area contributed by atoms with Crippen LogP contribution in [0.1, 0.15) is 51.8 Å². The fourth-order valence-corrected chi connectivity index (χ4v) is 4.50. The zero-order valence-electron chi connectivity index (χ0n) is 17.9. The van der Waals surface area contributed by atoms with Crippen LogP contribution < -0.4 is 10.1 Å². The fraction of sp³-hybridized carbons (Fsp3) is 0.417. The third-order valence-electron chi connectivity index (χ3n) is 6.51. The summed E-state index contributed by atoms with van der Waals surface area (Å²) in [5, 5.41) is 3.12. The van der Waals surface area contributed by atoms with Gasteiger partial charge in [-0.3, -0.25) is 4.79 Å². The van der Waals surface area contributed by atoms with Crippen LogP contribution in [0.2, 0.25) is 0 Å². The number of amides is 1. The maximum atomic E-state index is 13.1. The topological polar surface area (TPSA) is 65.4 Å². The van der Waals surface area contributed by atoms with Crippen LogP contribution in [0.3, 0.4) is 0 Å². The van der Waals surface area contributed by atoms with E-state index in [9.17, 15) is 4.79 Å². The SMILES string of the molecule is COC1CC1NC(=O)c1cc2c(nc(C)n2C)c2c1CC[C@@H](c1ccccc1C)O2. The molecule has 1 N–H and O–H groups in total. The van der Waals surface area contributed by atoms with Crippen LogP contribution in [0.5, 0.6) is 5.75 Å². The predicted octanol–water partition coefficient (Wildman–Crippen LogP) is 3.77. The van der Waals surface area contributed by atoms with Gasteiger partial charge in [-0.1, -0.05) is 24.3 Å². The van der Waals surface area contributed by atoms with Crippen LogP contribution in [0, 0.1) is 13.8 Å². The van der Waals surface area contributed by atoms with Gasteiger partial charge in [0.2, 0.25) is 0 Å². The zero-order valence-corrected chi connectivity index (χ0v) is 17.9. The van der Waals surface area contributed by atoms with Crippen molar-refractivity contribution in [2.75, 3.05) is 7.11 Å². The summed E-state index contributed by atoms with van der Waals surface area (Å²) in [4.78, 5) is 17.9. The minimum absolute atomic E-state index is 0.0381. The van der Waals surface area contributed by atoms with Crippen molar-refractivity contribution >= 4 is 16.9 Å². The van der Waals surface area contributed by atoms with Crippen LogP contribution in [0.15, 0.2) is 30.3 Å². The molecule has 1 saturated carbocycles. The van der Waals surface area contributed by atoms with Crippen LogP contribution in [0.4, 0.5) is 0 Å². The molecule has 1 aliphatic carbocycles. The van der Waals surface area contributed by atoms with Gasteiger partial charge >= 0.3 is 0 Å². The van der Waals surface area contributed by atoms with Gasteiger partial charge in [-0.15, -0.1) is 0 Å². The molecule has 0 radical (unpaired) electrons. The number of methoxy groups -OCH3 is 1. The monoisotopic (exact) mass is 405 g/mol. The Hall–Kier alpha value is -2.86. The lowest BCUT2D eigenvalue weighted by Crippen LogP contribution is -2.30. The van der Waals surface area contributed by atoms with E-state index >= 15 is 0 Å². The smallest absolute Gasteiger partial charge is 0.252 e. The highest BCUT2D eigenvalue weighted by Gasteiger charge is 2.39. The van der Waals surface area contributed by atoms with Crippen molar-refractivity contribution < 1.29 is 14.3 Å². The van der Waals surface area contributed by atoms with E-state index in [1.54, 1.807) is 7.11 Å². The minimum atomic E-state index is -0.0607. The highest BCUT2D eigenvalue weighted by Crippen LogP contribution is 2.42. The molecule has 156 valence electrons. The second-order valence-corrected chi connectivity index (χ2v) is 8.41. The van der Waals surface area contributed by atoms with E-state index in [0.717, 1.165) is 47.4 Å². The molecule has 1 amide bonds. The summed E-state index contributed by atoms with van der Waals surface area (Å²) in [6.45, 7) is 4.08. The number of hydrogen-bond acceptors (Lipinski definition) is 4. The van der Waals surface area contributed by atoms with Crippen LogP contribution >= 0.6 is 0 Å². The second-order valence-electron chi connectivity index (χ2n) is 8.41. The first kappa shape index (κ1) is 19.1. The Kier molecular flexibility index (Phi) is 4.54. The lowest BCUT2D eigenvalue weighted by Gasteiger charge is -2.29. The Morgan fingerprint density at radius 1 is 1.30 bits per heavy atom. The molecule has 2 aromatic carbocycles. The molecule has 0 spiro atoms. The van der Waals surface area contributed by atoms with E-state index in [4.69, 9.17) is 14.5 Å². The number of fused-ring (bicyclic) bond motifs is 3. The molecular weight excluding hydrogens is 378 g/mol. The van der Waals surface area contributed by atoms with E-state index in [-0.39, 0.29) is 24.2 Å². The third-order valence-corrected chi connectivity index (χ3v) is 6.51. The van der Waals surface area contributed by atoms with Crippen molar-refractivity contribution in [3.8, 4) is 5.75 Å². The van der Waals surface area contributed by atoms with Gasteiger partial charge in [0.1, 0.15) is 17.4 Å². The third kappa shape index (κ3) is 3.06. The van der Waals surface area contributed by atoms with Gasteiger partial charge in [0, 0.05) is 25.3 Å². The Labute approximate surface area is 176 Å². The summed E-state index contributed by atoms with van der Waals surface area (Å²) in [6, 6.07) is 10.4. The summed E-state index contributed by atoms with van der Waals surface area (Å²) in [5.74, 6) is 1.59. The summed E-state index contributed by atoms with van der Waals surface area (Å²) in [5.41, 5.74) is 5.80. The molecule has 2 heterocycles. The number of hydrogen-bond donors (Lipinski definition) is 1. The first-order valence-electron chi connectivity index (χ1n) is 10.5. The highest BCUT2D eigenvalue weighted by atomic mass is 16.5. The number of carbonyl (C=O) groups excluding carboxylic acids is 1. The van der Waals surface area contributed by atoms with Crippen molar-refractivity contribution in [2.24, 2.45) is 7.05 Å². The summed E-state index contributed by atoms with van der Waals surface area (Å²) < 4.78 is 13.9. The number of imidazole rings is 1. The Balaban J connectivity index is 1.58. The molecule has 30 heavy (non-hydrogen) atoms. The summed E-state index contributed by atoms with van der Waals surface area (Å²) in [7, 11) is 3.66. The first-order chi connectivity index (χ1) is 14.5. The van der Waals surface area contributed by atoms with Gasteiger partial charge in [-0.2, -0.15) is 0 Å². The molecule has 0 bridgehead atoms. The van der Waals surface area contributed by atoms with Gasteiger partial charge in [-0.25, -0.2) is 4.98 Å². The molecule has 3 aromatic rings. The molecule has 1 aliphatic heterocycles. The fourth-order valence-electron chi connectivity index (χ4n) is 4.50. The van der Waals surface area contributed by atoms with Crippen molar-refractivity contribution in [1.29, 1.82) is 0 Å². The van der Waals surface area contributed by atoms with Crippen molar-refractivity contribution in [3.05, 3.63) is 58.4 Å². The molecule has 1 fully saturated rings. The molecule has 3 atom stereocenters. The summed E-state index contributed by atoms with van der Waals surface area (Å²) in [6.07, 6.45) is 2.56. The molecular formula is C24H27N3O3. The van der Waals surface area contributed by atoms with E-state index < -0.39 is 0 Å². The van der Waals surface area contributed by atoms with Crippen molar-refractivity contribution in [1.82, 2.24) is 14.9 Å². The number of benzene rings is 2. The normalized spacial score (nSPS) is 22.5. The molecule has 2 unspecified atom stereocenters. The largest absolute Gasteiger partial charge is 0.483 e. The van der Waals surface area contributed by atoms with Gasteiger partial charge in [-0.05, 0) is 50.3 Å². The number of aryl methyl sites for hydroxylation is 3. The van der Waals surface area contributed by atoms with Gasteiger partial charge in [0.05, 0.1) is 17.7 Å². The molecule has 5 rings (SSSR count). The highest BCUT2D eigenvalue weighted by molar-refractivity contribution is 6.02. The van der Waals surface area contributed by atoms with Crippen molar-refractivity contribution in [2.45, 2.75) is 51.4 Å². The van der Waals surface area contributed by atoms with Gasteiger partial charge in [0.15, 0.2) is 5.75 Å². The number of ether oxygens (including phenoxy) is 2. The van der Waals surface area contributed by atoms with E-state index in [1.165, 1.54) is 11.1 Å². The maximum Gasteiger partial charge on any atom is 0.252 e. The quantitative estimate of drug-likeness (QED) is 0.718. The van der Waals surface area contributed by atoms with Crippen molar-refractivity contribution in [3.63, 3.8) is 0 Å². The Morgan fingerprint density at radius 2 is 2.10 bits per heavy atom. The number of rotatable bonds is 4. The average Bonchev–Trinajstić information content (AvgIpc) is 3.44. The Bertz CT molecular complexity index is 1150. The zero-order chi connectivity index (χ0) is 21.0. The number of nitrogens with one attached hydrogen (secondary N) is 1. The lowest BCUT2D eigenvalue weighted by atomic mass is 9.91. The lowest BCUT2D eigenvalue weighted by molar-refractivity contribution is 0.0931. The number of aromatic nitrogens is 2. The minimum Gasteiger partial charge on any atom is -0.483 e. The van der Waals surface area contributed by atoms with E-state index in [2.05, 4.69) is 24.4 Å². The molecule has 1 aromatic heterocycles. The van der Waals surface area contributed by atoms with E-state index in [1.807, 2.05) is 36.7 Å².